The van der Waals surface area contributed by atoms with E-state index >= 15 is 0 Å². The van der Waals surface area contributed by atoms with Crippen molar-refractivity contribution >= 4 is 17.9 Å². The van der Waals surface area contributed by atoms with Crippen LogP contribution < -0.4 is 0 Å². The second-order valence-electron chi connectivity index (χ2n) is 10.3. The summed E-state index contributed by atoms with van der Waals surface area (Å²) >= 11 is 0. The minimum atomic E-state index is -0.813. The highest BCUT2D eigenvalue weighted by molar-refractivity contribution is 5.68. The summed E-state index contributed by atoms with van der Waals surface area (Å²) < 4.78 is 17.5. The Morgan fingerprint density at radius 2 is 1.66 bits per heavy atom. The molecule has 0 aromatic rings. The highest BCUT2D eigenvalue weighted by Crippen LogP contribution is 2.62. The lowest BCUT2D eigenvalue weighted by molar-refractivity contribution is -0.197. The van der Waals surface area contributed by atoms with E-state index < -0.39 is 46.7 Å². The number of carbonyl (C=O) groups excluding carboxylic acids is 3. The molecule has 7 atom stereocenters. The molecule has 3 rings (SSSR count). The lowest BCUT2D eigenvalue weighted by Crippen LogP contribution is -2.62. The maximum Gasteiger partial charge on any atom is 0.303 e. The molecule has 0 amide bonds. The fourth-order valence-electron chi connectivity index (χ4n) is 6.47. The molecule has 3 aliphatic carbocycles. The van der Waals surface area contributed by atoms with Crippen molar-refractivity contribution in [3.05, 3.63) is 23.8 Å². The van der Waals surface area contributed by atoms with Crippen molar-refractivity contribution in [3.8, 4) is 0 Å². The van der Waals surface area contributed by atoms with Gasteiger partial charge in [-0.3, -0.25) is 14.4 Å². The number of esters is 3. The van der Waals surface area contributed by atoms with Crippen LogP contribution in [0.15, 0.2) is 23.8 Å². The number of ether oxygens (including phenoxy) is 3. The fourth-order valence-corrected chi connectivity index (χ4v) is 6.47. The number of hydrogen-bond donors (Lipinski definition) is 1. The first-order chi connectivity index (χ1) is 14.8. The first kappa shape index (κ1) is 24.5. The van der Waals surface area contributed by atoms with Crippen LogP contribution in [0.1, 0.15) is 73.6 Å². The lowest BCUT2D eigenvalue weighted by atomic mass is 9.48. The van der Waals surface area contributed by atoms with Crippen molar-refractivity contribution in [1.82, 2.24) is 0 Å². The molecule has 0 bridgehead atoms. The second kappa shape index (κ2) is 8.32. The van der Waals surface area contributed by atoms with E-state index in [1.165, 1.54) is 20.8 Å². The van der Waals surface area contributed by atoms with Gasteiger partial charge in [-0.05, 0) is 39.0 Å². The van der Waals surface area contributed by atoms with Gasteiger partial charge in [0.15, 0.2) is 0 Å². The monoisotopic (exact) mass is 448 g/mol. The van der Waals surface area contributed by atoms with Crippen molar-refractivity contribution in [3.63, 3.8) is 0 Å². The van der Waals surface area contributed by atoms with Crippen molar-refractivity contribution < 1.29 is 33.7 Å². The first-order valence-electron chi connectivity index (χ1n) is 11.4. The summed E-state index contributed by atoms with van der Waals surface area (Å²) in [4.78, 5) is 36.1. The molecule has 0 spiro atoms. The zero-order chi connectivity index (χ0) is 24.1. The van der Waals surface area contributed by atoms with E-state index in [0.717, 1.165) is 11.1 Å². The predicted molar refractivity (Wildman–Crippen MR) is 117 cm³/mol. The molecule has 0 aromatic carbocycles. The Bertz CT molecular complexity index is 860. The third-order valence-corrected chi connectivity index (χ3v) is 8.09. The van der Waals surface area contributed by atoms with E-state index in [9.17, 15) is 19.5 Å². The Kier molecular flexibility index (Phi) is 6.37. The molecule has 0 aromatic heterocycles. The Hall–Kier alpha value is -2.15. The third-order valence-electron chi connectivity index (χ3n) is 8.09. The third kappa shape index (κ3) is 3.89. The first-order valence-corrected chi connectivity index (χ1v) is 11.4. The van der Waals surface area contributed by atoms with E-state index in [4.69, 9.17) is 14.2 Å². The minimum absolute atomic E-state index is 0.267. The summed E-state index contributed by atoms with van der Waals surface area (Å²) in [5, 5.41) is 11.3. The minimum Gasteiger partial charge on any atom is -0.459 e. The number of hydrogen-bond acceptors (Lipinski definition) is 7. The summed E-state index contributed by atoms with van der Waals surface area (Å²) in [5.41, 5.74) is -0.377. The molecule has 0 heterocycles. The van der Waals surface area contributed by atoms with Gasteiger partial charge in [0.1, 0.15) is 17.8 Å². The average molecular weight is 449 g/mol. The van der Waals surface area contributed by atoms with Crippen molar-refractivity contribution in [1.29, 1.82) is 0 Å². The summed E-state index contributed by atoms with van der Waals surface area (Å²) in [6, 6.07) is 0. The number of fused-ring (bicyclic) bond motifs is 2. The van der Waals surface area contributed by atoms with Crippen LogP contribution in [-0.2, 0) is 28.6 Å². The summed E-state index contributed by atoms with van der Waals surface area (Å²) in [7, 11) is 0. The number of rotatable bonds is 4. The van der Waals surface area contributed by atoms with Crippen molar-refractivity contribution in [2.45, 2.75) is 97.6 Å². The van der Waals surface area contributed by atoms with Crippen LogP contribution in [-0.4, -0.2) is 46.9 Å². The molecule has 0 aliphatic heterocycles. The van der Waals surface area contributed by atoms with Crippen LogP contribution in [0.4, 0.5) is 0 Å². The van der Waals surface area contributed by atoms with Gasteiger partial charge in [-0.15, -0.1) is 6.58 Å². The van der Waals surface area contributed by atoms with Crippen molar-refractivity contribution in [2.75, 3.05) is 0 Å². The molecule has 0 radical (unpaired) electrons. The van der Waals surface area contributed by atoms with Gasteiger partial charge < -0.3 is 19.3 Å². The molecule has 1 saturated carbocycles. The molecule has 1 fully saturated rings. The van der Waals surface area contributed by atoms with Crippen LogP contribution in [0.3, 0.4) is 0 Å². The molecule has 32 heavy (non-hydrogen) atoms. The number of aliphatic hydroxyl groups is 1. The SMILES string of the molecule is C=C[C@@]1(C)CCC2=C([C@H]1OC(C)=O)[C@H](OC(C)=O)C[C@@H]1[C@]2(C)[C@@H](O)CC[C@@]1(C)OC(C)=O. The smallest absolute Gasteiger partial charge is 0.303 e. The molecule has 178 valence electrons. The van der Waals surface area contributed by atoms with Crippen LogP contribution in [0.5, 0.6) is 0 Å². The molecule has 7 nitrogen and oxygen atoms in total. The zero-order valence-electron chi connectivity index (χ0n) is 20.0. The Morgan fingerprint density at radius 1 is 1.03 bits per heavy atom. The fraction of sp³-hybridized carbons (Fsp3) is 0.720. The molecule has 0 unspecified atom stereocenters. The normalized spacial score (nSPS) is 41.1. The van der Waals surface area contributed by atoms with Gasteiger partial charge in [-0.25, -0.2) is 0 Å². The van der Waals surface area contributed by atoms with E-state index in [1.54, 1.807) is 6.08 Å². The highest BCUT2D eigenvalue weighted by atomic mass is 16.6. The summed E-state index contributed by atoms with van der Waals surface area (Å²) in [5.74, 6) is -1.52. The zero-order valence-corrected chi connectivity index (χ0v) is 20.0. The van der Waals surface area contributed by atoms with Gasteiger partial charge in [0, 0.05) is 43.1 Å². The van der Waals surface area contributed by atoms with Crippen molar-refractivity contribution in [2.24, 2.45) is 16.7 Å². The van der Waals surface area contributed by atoms with Crippen LogP contribution in [0, 0.1) is 16.7 Å². The highest BCUT2D eigenvalue weighted by Gasteiger charge is 2.63. The molecular formula is C25H36O7. The molecule has 7 heteroatoms. The standard InChI is InChI=1S/C25H36O7/c1-8-23(5)11-9-17-21(22(23)31-15(3)27)18(30-14(2)26)13-19-24(6,32-16(4)28)12-10-20(29)25(17,19)7/h8,18-20,22,29H,1,9-13H2,2-7H3/t18-,19+,20+,22-,23+,24-,25-/m1/s1. The quantitative estimate of drug-likeness (QED) is 0.398. The number of aliphatic hydroxyl groups excluding tert-OH is 1. The van der Waals surface area contributed by atoms with E-state index in [2.05, 4.69) is 6.58 Å². The molecular weight excluding hydrogens is 412 g/mol. The molecule has 0 saturated heterocycles. The maximum absolute atomic E-state index is 12.1. The van der Waals surface area contributed by atoms with Crippen LogP contribution in [0.25, 0.3) is 0 Å². The van der Waals surface area contributed by atoms with Gasteiger partial charge in [-0.2, -0.15) is 0 Å². The summed E-state index contributed by atoms with van der Waals surface area (Å²) in [6.07, 6.45) is 2.48. The largest absolute Gasteiger partial charge is 0.459 e. The second-order valence-corrected chi connectivity index (χ2v) is 10.3. The Labute approximate surface area is 190 Å². The van der Waals surface area contributed by atoms with E-state index in [0.29, 0.717) is 32.1 Å². The topological polar surface area (TPSA) is 99.1 Å². The summed E-state index contributed by atoms with van der Waals surface area (Å²) in [6.45, 7) is 14.0. The Morgan fingerprint density at radius 3 is 2.19 bits per heavy atom. The average Bonchev–Trinajstić information content (AvgIpc) is 2.67. The van der Waals surface area contributed by atoms with Gasteiger partial charge in [-0.1, -0.05) is 25.5 Å². The molecule has 3 aliphatic rings. The van der Waals surface area contributed by atoms with Crippen LogP contribution >= 0.6 is 0 Å². The van der Waals surface area contributed by atoms with E-state index in [-0.39, 0.29) is 11.9 Å². The molecule has 1 N–H and O–H groups in total. The van der Waals surface area contributed by atoms with Gasteiger partial charge >= 0.3 is 17.9 Å². The van der Waals surface area contributed by atoms with Gasteiger partial charge in [0.2, 0.25) is 0 Å². The lowest BCUT2D eigenvalue weighted by Gasteiger charge is -2.60. The maximum atomic E-state index is 12.1. The number of carbonyl (C=O) groups is 3. The van der Waals surface area contributed by atoms with Crippen LogP contribution in [0.2, 0.25) is 0 Å². The predicted octanol–water partition coefficient (Wildman–Crippen LogP) is 3.64. The Balaban J connectivity index is 2.25. The van der Waals surface area contributed by atoms with E-state index in [1.807, 2.05) is 20.8 Å². The van der Waals surface area contributed by atoms with Gasteiger partial charge in [0.25, 0.3) is 0 Å². The van der Waals surface area contributed by atoms with Gasteiger partial charge in [0.05, 0.1) is 6.10 Å².